The quantitative estimate of drug-likeness (QED) is 0.599. The van der Waals surface area contributed by atoms with Gasteiger partial charge in [0.05, 0.1) is 19.0 Å². The zero-order valence-electron chi connectivity index (χ0n) is 10.6. The lowest BCUT2D eigenvalue weighted by Crippen LogP contribution is -1.96. The minimum Gasteiger partial charge on any atom is -0.490 e. The molecule has 92 valence electrons. The van der Waals surface area contributed by atoms with E-state index in [1.807, 2.05) is 10.9 Å². The number of aromatic nitrogens is 2. The van der Waals surface area contributed by atoms with Crippen molar-refractivity contribution in [3.05, 3.63) is 12.4 Å². The second kappa shape index (κ2) is 8.20. The molecule has 0 aliphatic heterocycles. The van der Waals surface area contributed by atoms with Gasteiger partial charge in [-0.3, -0.25) is 4.68 Å². The van der Waals surface area contributed by atoms with Gasteiger partial charge in [-0.25, -0.2) is 0 Å². The van der Waals surface area contributed by atoms with E-state index in [1.165, 1.54) is 32.1 Å². The van der Waals surface area contributed by atoms with E-state index in [1.54, 1.807) is 6.20 Å². The maximum Gasteiger partial charge on any atom is 0.157 e. The summed E-state index contributed by atoms with van der Waals surface area (Å²) in [6, 6.07) is 0. The molecule has 0 aliphatic rings. The highest BCUT2D eigenvalue weighted by molar-refractivity contribution is 5.11. The Balaban J connectivity index is 1.98. The van der Waals surface area contributed by atoms with Crippen molar-refractivity contribution in [3.63, 3.8) is 0 Å². The van der Waals surface area contributed by atoms with Gasteiger partial charge in [0.25, 0.3) is 0 Å². The molecule has 0 bridgehead atoms. The van der Waals surface area contributed by atoms with Crippen LogP contribution in [0.25, 0.3) is 0 Å². The molecule has 0 saturated carbocycles. The van der Waals surface area contributed by atoms with Crippen LogP contribution in [0.2, 0.25) is 0 Å². The van der Waals surface area contributed by atoms with Gasteiger partial charge in [0, 0.05) is 6.54 Å². The molecule has 0 spiro atoms. The summed E-state index contributed by atoms with van der Waals surface area (Å²) in [5, 5.41) is 4.17. The standard InChI is InChI=1S/C13H24N2O/c1-3-5-6-7-8-9-10-16-13-11-14-15(4-2)12-13/h11-12H,3-10H2,1-2H3. The molecule has 0 aliphatic carbocycles. The Labute approximate surface area is 98.8 Å². The predicted octanol–water partition coefficient (Wildman–Crippen LogP) is 3.64. The van der Waals surface area contributed by atoms with Crippen LogP contribution in [0.15, 0.2) is 12.4 Å². The Morgan fingerprint density at radius 3 is 2.56 bits per heavy atom. The Morgan fingerprint density at radius 1 is 1.12 bits per heavy atom. The largest absolute Gasteiger partial charge is 0.490 e. The van der Waals surface area contributed by atoms with Crippen molar-refractivity contribution in [2.45, 2.75) is 58.9 Å². The zero-order chi connectivity index (χ0) is 11.6. The van der Waals surface area contributed by atoms with Crippen molar-refractivity contribution in [3.8, 4) is 5.75 Å². The Kier molecular flexibility index (Phi) is 6.70. The van der Waals surface area contributed by atoms with Crippen molar-refractivity contribution in [1.82, 2.24) is 9.78 Å². The topological polar surface area (TPSA) is 27.1 Å². The van der Waals surface area contributed by atoms with Gasteiger partial charge in [-0.15, -0.1) is 0 Å². The second-order valence-corrected chi connectivity index (χ2v) is 4.15. The van der Waals surface area contributed by atoms with Gasteiger partial charge in [-0.2, -0.15) is 5.10 Å². The van der Waals surface area contributed by atoms with E-state index in [2.05, 4.69) is 18.9 Å². The normalized spacial score (nSPS) is 10.6. The van der Waals surface area contributed by atoms with Gasteiger partial charge in [0.15, 0.2) is 5.75 Å². The molecule has 0 amide bonds. The first-order valence-corrected chi connectivity index (χ1v) is 6.52. The van der Waals surface area contributed by atoms with Crippen LogP contribution in [0.1, 0.15) is 52.4 Å². The molecule has 1 aromatic rings. The van der Waals surface area contributed by atoms with Crippen LogP contribution in [-0.2, 0) is 6.54 Å². The molecule has 1 heterocycles. The predicted molar refractivity (Wildman–Crippen MR) is 66.8 cm³/mol. The second-order valence-electron chi connectivity index (χ2n) is 4.15. The highest BCUT2D eigenvalue weighted by Gasteiger charge is 1.97. The first-order valence-electron chi connectivity index (χ1n) is 6.52. The summed E-state index contributed by atoms with van der Waals surface area (Å²) in [5.74, 6) is 0.899. The molecule has 0 N–H and O–H groups in total. The van der Waals surface area contributed by atoms with Crippen LogP contribution < -0.4 is 4.74 Å². The van der Waals surface area contributed by atoms with Crippen LogP contribution in [0.4, 0.5) is 0 Å². The van der Waals surface area contributed by atoms with Gasteiger partial charge < -0.3 is 4.74 Å². The maximum absolute atomic E-state index is 5.61. The minimum absolute atomic E-state index is 0.821. The highest BCUT2D eigenvalue weighted by Crippen LogP contribution is 2.10. The fraction of sp³-hybridized carbons (Fsp3) is 0.769. The molecular formula is C13H24N2O. The number of nitrogens with zero attached hydrogens (tertiary/aromatic N) is 2. The molecule has 1 rings (SSSR count). The van der Waals surface area contributed by atoms with Crippen molar-refractivity contribution in [2.75, 3.05) is 6.61 Å². The van der Waals surface area contributed by atoms with Crippen LogP contribution in [0, 0.1) is 0 Å². The smallest absolute Gasteiger partial charge is 0.157 e. The molecule has 0 saturated heterocycles. The number of hydrogen-bond donors (Lipinski definition) is 0. The summed E-state index contributed by atoms with van der Waals surface area (Å²) in [6.45, 7) is 6.04. The van der Waals surface area contributed by atoms with Gasteiger partial charge in [0.1, 0.15) is 0 Å². The lowest BCUT2D eigenvalue weighted by molar-refractivity contribution is 0.304. The third-order valence-electron chi connectivity index (χ3n) is 2.70. The summed E-state index contributed by atoms with van der Waals surface area (Å²) >= 11 is 0. The highest BCUT2D eigenvalue weighted by atomic mass is 16.5. The van der Waals surface area contributed by atoms with E-state index in [0.29, 0.717) is 0 Å². The van der Waals surface area contributed by atoms with E-state index in [0.717, 1.165) is 25.3 Å². The van der Waals surface area contributed by atoms with Crippen molar-refractivity contribution < 1.29 is 4.74 Å². The SMILES string of the molecule is CCCCCCCCOc1cnn(CC)c1. The number of unbranched alkanes of at least 4 members (excludes halogenated alkanes) is 5. The van der Waals surface area contributed by atoms with Crippen LogP contribution in [-0.4, -0.2) is 16.4 Å². The molecular weight excluding hydrogens is 200 g/mol. The monoisotopic (exact) mass is 224 g/mol. The fourth-order valence-corrected chi connectivity index (χ4v) is 1.66. The summed E-state index contributed by atoms with van der Waals surface area (Å²) in [5.41, 5.74) is 0. The van der Waals surface area contributed by atoms with Gasteiger partial charge in [-0.05, 0) is 13.3 Å². The molecule has 3 heteroatoms. The van der Waals surface area contributed by atoms with Gasteiger partial charge in [-0.1, -0.05) is 39.0 Å². The first-order chi connectivity index (χ1) is 7.86. The molecule has 0 atom stereocenters. The molecule has 0 unspecified atom stereocenters. The molecule has 0 aromatic carbocycles. The lowest BCUT2D eigenvalue weighted by atomic mass is 10.1. The van der Waals surface area contributed by atoms with Crippen LogP contribution in [0.5, 0.6) is 5.75 Å². The molecule has 0 fully saturated rings. The summed E-state index contributed by atoms with van der Waals surface area (Å²) in [4.78, 5) is 0. The summed E-state index contributed by atoms with van der Waals surface area (Å²) in [7, 11) is 0. The van der Waals surface area contributed by atoms with Crippen LogP contribution in [0.3, 0.4) is 0 Å². The van der Waals surface area contributed by atoms with E-state index in [4.69, 9.17) is 4.74 Å². The lowest BCUT2D eigenvalue weighted by Gasteiger charge is -2.03. The maximum atomic E-state index is 5.61. The Morgan fingerprint density at radius 2 is 1.88 bits per heavy atom. The number of hydrogen-bond acceptors (Lipinski definition) is 2. The number of aryl methyl sites for hydroxylation is 1. The Bertz CT molecular complexity index is 271. The molecule has 16 heavy (non-hydrogen) atoms. The van der Waals surface area contributed by atoms with Gasteiger partial charge in [0.2, 0.25) is 0 Å². The van der Waals surface area contributed by atoms with Crippen molar-refractivity contribution >= 4 is 0 Å². The Hall–Kier alpha value is -0.990. The van der Waals surface area contributed by atoms with E-state index in [-0.39, 0.29) is 0 Å². The zero-order valence-corrected chi connectivity index (χ0v) is 10.6. The van der Waals surface area contributed by atoms with Crippen molar-refractivity contribution in [2.24, 2.45) is 0 Å². The third kappa shape index (κ3) is 5.19. The fourth-order valence-electron chi connectivity index (χ4n) is 1.66. The minimum atomic E-state index is 0.821. The van der Waals surface area contributed by atoms with Gasteiger partial charge >= 0.3 is 0 Å². The number of rotatable bonds is 9. The van der Waals surface area contributed by atoms with E-state index in [9.17, 15) is 0 Å². The number of ether oxygens (including phenoxy) is 1. The molecule has 1 aromatic heterocycles. The molecule has 3 nitrogen and oxygen atoms in total. The van der Waals surface area contributed by atoms with E-state index >= 15 is 0 Å². The summed E-state index contributed by atoms with van der Waals surface area (Å²) < 4.78 is 7.50. The first kappa shape index (κ1) is 13.1. The molecule has 0 radical (unpaired) electrons. The average molecular weight is 224 g/mol. The van der Waals surface area contributed by atoms with Crippen molar-refractivity contribution in [1.29, 1.82) is 0 Å². The third-order valence-corrected chi connectivity index (χ3v) is 2.70. The van der Waals surface area contributed by atoms with Crippen LogP contribution >= 0.6 is 0 Å². The van der Waals surface area contributed by atoms with E-state index < -0.39 is 0 Å². The summed E-state index contributed by atoms with van der Waals surface area (Å²) in [6.07, 6.45) is 11.6. The average Bonchev–Trinajstić information content (AvgIpc) is 2.76.